The second kappa shape index (κ2) is 6.07. The Morgan fingerprint density at radius 2 is 1.69 bits per heavy atom. The van der Waals surface area contributed by atoms with E-state index in [1.165, 1.54) is 44.9 Å². The van der Waals surface area contributed by atoms with E-state index in [0.717, 1.165) is 17.8 Å². The lowest BCUT2D eigenvalue weighted by Gasteiger charge is -2.26. The van der Waals surface area contributed by atoms with Gasteiger partial charge in [0.2, 0.25) is 0 Å². The van der Waals surface area contributed by atoms with Gasteiger partial charge >= 0.3 is 0 Å². The zero-order chi connectivity index (χ0) is 12.2. The number of unbranched alkanes of at least 4 members (excludes halogenated alkanes) is 4. The first-order valence-electron chi connectivity index (χ1n) is 7.49. The standard InChI is InChI=1S/C16H32/c1-6-7-8-9-10-11-16(4,5)15-12-14(15)13(2)3/h13-15H,6-12H2,1-5H3. The lowest BCUT2D eigenvalue weighted by Crippen LogP contribution is -2.16. The predicted octanol–water partition coefficient (Wildman–Crippen LogP) is 5.67. The molecule has 0 heterocycles. The van der Waals surface area contributed by atoms with Crippen LogP contribution >= 0.6 is 0 Å². The van der Waals surface area contributed by atoms with E-state index in [9.17, 15) is 0 Å². The van der Waals surface area contributed by atoms with Crippen molar-refractivity contribution in [3.8, 4) is 0 Å². The summed E-state index contributed by atoms with van der Waals surface area (Å²) in [6, 6.07) is 0. The van der Waals surface area contributed by atoms with Gasteiger partial charge in [0.05, 0.1) is 0 Å². The van der Waals surface area contributed by atoms with Gasteiger partial charge in [0.1, 0.15) is 0 Å². The molecule has 0 saturated heterocycles. The van der Waals surface area contributed by atoms with E-state index in [0.29, 0.717) is 5.41 Å². The smallest absolute Gasteiger partial charge is 0.0323 e. The van der Waals surface area contributed by atoms with Gasteiger partial charge in [-0.15, -0.1) is 0 Å². The average Bonchev–Trinajstić information content (AvgIpc) is 2.97. The van der Waals surface area contributed by atoms with Gasteiger partial charge in [0.25, 0.3) is 0 Å². The van der Waals surface area contributed by atoms with Gasteiger partial charge in [-0.2, -0.15) is 0 Å². The molecule has 0 heteroatoms. The lowest BCUT2D eigenvalue weighted by molar-refractivity contribution is 0.245. The van der Waals surface area contributed by atoms with Crippen molar-refractivity contribution in [1.82, 2.24) is 0 Å². The molecule has 1 aliphatic carbocycles. The summed E-state index contributed by atoms with van der Waals surface area (Å²) in [5.41, 5.74) is 0.612. The Labute approximate surface area is 103 Å². The first kappa shape index (κ1) is 14.1. The van der Waals surface area contributed by atoms with E-state index in [1.807, 2.05) is 0 Å². The molecule has 0 spiro atoms. The number of hydrogen-bond acceptors (Lipinski definition) is 0. The van der Waals surface area contributed by atoms with E-state index in [2.05, 4.69) is 34.6 Å². The molecule has 2 atom stereocenters. The van der Waals surface area contributed by atoms with E-state index < -0.39 is 0 Å². The zero-order valence-corrected chi connectivity index (χ0v) is 12.2. The highest BCUT2D eigenvalue weighted by molar-refractivity contribution is 4.97. The van der Waals surface area contributed by atoms with Crippen molar-refractivity contribution < 1.29 is 0 Å². The van der Waals surface area contributed by atoms with E-state index in [-0.39, 0.29) is 0 Å². The second-order valence-electron chi connectivity index (χ2n) is 6.90. The number of rotatable bonds is 8. The monoisotopic (exact) mass is 224 g/mol. The van der Waals surface area contributed by atoms with Gasteiger partial charge in [-0.05, 0) is 36.0 Å². The molecule has 0 aromatic rings. The van der Waals surface area contributed by atoms with Crippen molar-refractivity contribution in [2.24, 2.45) is 23.2 Å². The van der Waals surface area contributed by atoms with Crippen LogP contribution < -0.4 is 0 Å². The topological polar surface area (TPSA) is 0 Å². The summed E-state index contributed by atoms with van der Waals surface area (Å²) < 4.78 is 0. The van der Waals surface area contributed by atoms with Crippen LogP contribution in [-0.2, 0) is 0 Å². The molecule has 0 radical (unpaired) electrons. The van der Waals surface area contributed by atoms with Gasteiger partial charge in [0, 0.05) is 0 Å². The van der Waals surface area contributed by atoms with Crippen molar-refractivity contribution in [3.05, 3.63) is 0 Å². The molecule has 1 aliphatic rings. The molecular formula is C16H32. The molecule has 1 fully saturated rings. The van der Waals surface area contributed by atoms with Crippen LogP contribution in [0, 0.1) is 23.2 Å². The summed E-state index contributed by atoms with van der Waals surface area (Å²) in [6.07, 6.45) is 10.1. The maximum Gasteiger partial charge on any atom is -0.0323 e. The summed E-state index contributed by atoms with van der Waals surface area (Å²) in [6.45, 7) is 12.1. The van der Waals surface area contributed by atoms with Gasteiger partial charge in [-0.1, -0.05) is 66.7 Å². The lowest BCUT2D eigenvalue weighted by atomic mass is 9.80. The summed E-state index contributed by atoms with van der Waals surface area (Å²) in [7, 11) is 0. The minimum absolute atomic E-state index is 0.612. The van der Waals surface area contributed by atoms with E-state index in [4.69, 9.17) is 0 Å². The highest BCUT2D eigenvalue weighted by Gasteiger charge is 2.47. The third-order valence-electron chi connectivity index (χ3n) is 4.62. The highest BCUT2D eigenvalue weighted by Crippen LogP contribution is 2.56. The van der Waals surface area contributed by atoms with Crippen molar-refractivity contribution in [3.63, 3.8) is 0 Å². The Bertz CT molecular complexity index is 190. The molecule has 0 N–H and O–H groups in total. The van der Waals surface area contributed by atoms with Crippen LogP contribution in [0.1, 0.15) is 79.6 Å². The molecule has 0 bridgehead atoms. The molecule has 1 saturated carbocycles. The summed E-state index contributed by atoms with van der Waals surface area (Å²) in [5, 5.41) is 0. The van der Waals surface area contributed by atoms with Crippen LogP contribution in [0.25, 0.3) is 0 Å². The van der Waals surface area contributed by atoms with Crippen LogP contribution in [0.2, 0.25) is 0 Å². The maximum atomic E-state index is 2.50. The zero-order valence-electron chi connectivity index (χ0n) is 12.2. The molecule has 0 aromatic heterocycles. The minimum atomic E-state index is 0.612. The Hall–Kier alpha value is 0. The van der Waals surface area contributed by atoms with Crippen LogP contribution in [-0.4, -0.2) is 0 Å². The van der Waals surface area contributed by atoms with Crippen molar-refractivity contribution in [2.75, 3.05) is 0 Å². The Balaban J connectivity index is 2.15. The van der Waals surface area contributed by atoms with Crippen LogP contribution in [0.15, 0.2) is 0 Å². The first-order chi connectivity index (χ1) is 7.49. The maximum absolute atomic E-state index is 2.50. The van der Waals surface area contributed by atoms with Crippen LogP contribution in [0.5, 0.6) is 0 Å². The second-order valence-corrected chi connectivity index (χ2v) is 6.90. The Morgan fingerprint density at radius 3 is 2.19 bits per heavy atom. The molecule has 1 rings (SSSR count). The first-order valence-corrected chi connectivity index (χ1v) is 7.49. The molecule has 0 aliphatic heterocycles. The van der Waals surface area contributed by atoms with Crippen molar-refractivity contribution in [1.29, 1.82) is 0 Å². The number of hydrogen-bond donors (Lipinski definition) is 0. The van der Waals surface area contributed by atoms with Gasteiger partial charge in [-0.3, -0.25) is 0 Å². The Kier molecular flexibility index (Phi) is 5.34. The van der Waals surface area contributed by atoms with E-state index in [1.54, 1.807) is 0 Å². The van der Waals surface area contributed by atoms with Crippen molar-refractivity contribution in [2.45, 2.75) is 79.6 Å². The van der Waals surface area contributed by atoms with E-state index >= 15 is 0 Å². The Morgan fingerprint density at radius 1 is 1.06 bits per heavy atom. The average molecular weight is 224 g/mol. The van der Waals surface area contributed by atoms with Gasteiger partial charge < -0.3 is 0 Å². The SMILES string of the molecule is CCCCCCCC(C)(C)C1CC1C(C)C. The van der Waals surface area contributed by atoms with Crippen LogP contribution in [0.4, 0.5) is 0 Å². The van der Waals surface area contributed by atoms with Gasteiger partial charge in [0.15, 0.2) is 0 Å². The summed E-state index contributed by atoms with van der Waals surface area (Å²) in [5.74, 6) is 2.97. The third-order valence-corrected chi connectivity index (χ3v) is 4.62. The highest BCUT2D eigenvalue weighted by atomic mass is 14.5. The molecule has 0 aromatic carbocycles. The molecule has 16 heavy (non-hydrogen) atoms. The quantitative estimate of drug-likeness (QED) is 0.466. The summed E-state index contributed by atoms with van der Waals surface area (Å²) >= 11 is 0. The largest absolute Gasteiger partial charge is 0.0654 e. The summed E-state index contributed by atoms with van der Waals surface area (Å²) in [4.78, 5) is 0. The van der Waals surface area contributed by atoms with Gasteiger partial charge in [-0.25, -0.2) is 0 Å². The predicted molar refractivity (Wildman–Crippen MR) is 73.6 cm³/mol. The molecule has 0 amide bonds. The fourth-order valence-electron chi connectivity index (χ4n) is 3.22. The molecule has 2 unspecified atom stereocenters. The fourth-order valence-corrected chi connectivity index (χ4v) is 3.22. The molecular weight excluding hydrogens is 192 g/mol. The molecule has 96 valence electrons. The molecule has 0 nitrogen and oxygen atoms in total. The van der Waals surface area contributed by atoms with Crippen LogP contribution in [0.3, 0.4) is 0 Å². The fraction of sp³-hybridized carbons (Fsp3) is 1.00. The van der Waals surface area contributed by atoms with Crippen molar-refractivity contribution >= 4 is 0 Å². The third kappa shape index (κ3) is 4.11. The normalized spacial score (nSPS) is 25.1. The minimum Gasteiger partial charge on any atom is -0.0654 e.